The van der Waals surface area contributed by atoms with Crippen molar-refractivity contribution in [3.63, 3.8) is 0 Å². The molecule has 1 N–H and O–H groups in total. The topological polar surface area (TPSA) is 41.5 Å². The first-order chi connectivity index (χ1) is 9.58. The van der Waals surface area contributed by atoms with Crippen LogP contribution < -0.4 is 5.43 Å². The molecule has 0 aliphatic heterocycles. The van der Waals surface area contributed by atoms with Gasteiger partial charge in [0.25, 0.3) is 5.91 Å². The first kappa shape index (κ1) is 14.6. The van der Waals surface area contributed by atoms with Crippen LogP contribution in [0.2, 0.25) is 10.0 Å². The second-order valence-electron chi connectivity index (χ2n) is 4.13. The number of benzene rings is 2. The summed E-state index contributed by atoms with van der Waals surface area (Å²) in [6.45, 7) is 1.78. The average molecular weight is 307 g/mol. The molecule has 2 aromatic carbocycles. The van der Waals surface area contributed by atoms with E-state index in [0.29, 0.717) is 21.3 Å². The van der Waals surface area contributed by atoms with Gasteiger partial charge in [0, 0.05) is 5.56 Å². The third-order valence-corrected chi connectivity index (χ3v) is 3.44. The molecule has 102 valence electrons. The molecule has 5 heteroatoms. The van der Waals surface area contributed by atoms with E-state index in [9.17, 15) is 4.79 Å². The fourth-order valence-electron chi connectivity index (χ4n) is 1.57. The Bertz CT molecular complexity index is 654. The lowest BCUT2D eigenvalue weighted by Gasteiger charge is -2.04. The van der Waals surface area contributed by atoms with Crippen molar-refractivity contribution in [3.05, 3.63) is 69.7 Å². The Hall–Kier alpha value is -1.84. The molecule has 0 unspecified atom stereocenters. The zero-order valence-electron chi connectivity index (χ0n) is 10.7. The Morgan fingerprint density at radius 3 is 2.35 bits per heavy atom. The third-order valence-electron chi connectivity index (χ3n) is 2.70. The molecule has 0 aliphatic carbocycles. The number of rotatable bonds is 3. The molecule has 0 bridgehead atoms. The predicted molar refractivity (Wildman–Crippen MR) is 82.6 cm³/mol. The number of amides is 1. The van der Waals surface area contributed by atoms with Gasteiger partial charge in [-0.2, -0.15) is 5.10 Å². The van der Waals surface area contributed by atoms with Crippen molar-refractivity contribution in [1.29, 1.82) is 0 Å². The largest absolute Gasteiger partial charge is 0.271 e. The van der Waals surface area contributed by atoms with Crippen molar-refractivity contribution in [1.82, 2.24) is 5.43 Å². The molecule has 0 atom stereocenters. The molecule has 3 nitrogen and oxygen atoms in total. The summed E-state index contributed by atoms with van der Waals surface area (Å²) < 4.78 is 0. The summed E-state index contributed by atoms with van der Waals surface area (Å²) in [5.74, 6) is -0.259. The summed E-state index contributed by atoms with van der Waals surface area (Å²) in [6.07, 6.45) is 0. The molecular weight excluding hydrogens is 295 g/mol. The van der Waals surface area contributed by atoms with E-state index in [1.54, 1.807) is 49.4 Å². The lowest BCUT2D eigenvalue weighted by Crippen LogP contribution is -2.19. The maximum absolute atomic E-state index is 11.8. The smallest absolute Gasteiger partial charge is 0.267 e. The highest BCUT2D eigenvalue weighted by atomic mass is 35.5. The van der Waals surface area contributed by atoms with Crippen LogP contribution in [0.1, 0.15) is 22.8 Å². The quantitative estimate of drug-likeness (QED) is 0.672. The summed E-state index contributed by atoms with van der Waals surface area (Å²) >= 11 is 11.8. The van der Waals surface area contributed by atoms with Crippen molar-refractivity contribution in [2.24, 2.45) is 5.10 Å². The summed E-state index contributed by atoms with van der Waals surface area (Å²) in [6, 6.07) is 14.1. The Morgan fingerprint density at radius 1 is 1.00 bits per heavy atom. The highest BCUT2D eigenvalue weighted by Gasteiger charge is 2.05. The van der Waals surface area contributed by atoms with E-state index in [1.807, 2.05) is 6.07 Å². The number of carbonyl (C=O) groups is 1. The fraction of sp³-hybridized carbons (Fsp3) is 0.0667. The monoisotopic (exact) mass is 306 g/mol. The van der Waals surface area contributed by atoms with Gasteiger partial charge in [-0.05, 0) is 36.8 Å². The Kier molecular flexibility index (Phi) is 4.77. The first-order valence-corrected chi connectivity index (χ1v) is 6.68. The lowest BCUT2D eigenvalue weighted by molar-refractivity contribution is 0.0955. The molecule has 2 rings (SSSR count). The predicted octanol–water partition coefficient (Wildman–Crippen LogP) is 4.15. The van der Waals surface area contributed by atoms with Crippen molar-refractivity contribution < 1.29 is 4.79 Å². The fourth-order valence-corrected chi connectivity index (χ4v) is 1.87. The van der Waals surface area contributed by atoms with Crippen LogP contribution in [-0.4, -0.2) is 11.6 Å². The maximum atomic E-state index is 11.8. The van der Waals surface area contributed by atoms with Gasteiger partial charge >= 0.3 is 0 Å². The Labute approximate surface area is 127 Å². The number of nitrogens with one attached hydrogen (secondary N) is 1. The van der Waals surface area contributed by atoms with Crippen molar-refractivity contribution >= 4 is 34.8 Å². The molecule has 0 saturated carbocycles. The minimum Gasteiger partial charge on any atom is -0.267 e. The molecule has 0 heterocycles. The molecule has 0 radical (unpaired) electrons. The van der Waals surface area contributed by atoms with Crippen molar-refractivity contribution in [3.8, 4) is 0 Å². The SMILES string of the molecule is C/C(=N\NC(=O)c1ccccc1)c1ccc(Cl)c(Cl)c1. The average Bonchev–Trinajstić information content (AvgIpc) is 2.48. The van der Waals surface area contributed by atoms with E-state index in [4.69, 9.17) is 23.2 Å². The number of carbonyl (C=O) groups excluding carboxylic acids is 1. The standard InChI is InChI=1S/C15H12Cl2N2O/c1-10(12-7-8-13(16)14(17)9-12)18-19-15(20)11-5-3-2-4-6-11/h2-9H,1H3,(H,19,20)/b18-10+. The van der Waals surface area contributed by atoms with Crippen molar-refractivity contribution in [2.75, 3.05) is 0 Å². The first-order valence-electron chi connectivity index (χ1n) is 5.93. The molecule has 1 amide bonds. The molecule has 0 fully saturated rings. The van der Waals surface area contributed by atoms with Crippen molar-refractivity contribution in [2.45, 2.75) is 6.92 Å². The van der Waals surface area contributed by atoms with E-state index in [0.717, 1.165) is 5.56 Å². The van der Waals surface area contributed by atoms with Gasteiger partial charge in [-0.25, -0.2) is 5.43 Å². The molecule has 20 heavy (non-hydrogen) atoms. The Balaban J connectivity index is 2.11. The number of hydrogen-bond acceptors (Lipinski definition) is 2. The lowest BCUT2D eigenvalue weighted by atomic mass is 10.1. The van der Waals surface area contributed by atoms with Crippen LogP contribution in [0.4, 0.5) is 0 Å². The normalized spacial score (nSPS) is 11.2. The summed E-state index contributed by atoms with van der Waals surface area (Å²) in [5, 5.41) is 4.99. The summed E-state index contributed by atoms with van der Waals surface area (Å²) in [7, 11) is 0. The van der Waals surface area contributed by atoms with E-state index in [1.165, 1.54) is 0 Å². The zero-order chi connectivity index (χ0) is 14.5. The van der Waals surface area contributed by atoms with E-state index in [2.05, 4.69) is 10.5 Å². The van der Waals surface area contributed by atoms with E-state index < -0.39 is 0 Å². The maximum Gasteiger partial charge on any atom is 0.271 e. The van der Waals surface area contributed by atoms with Crippen LogP contribution in [0, 0.1) is 0 Å². The molecular formula is C15H12Cl2N2O. The molecule has 0 saturated heterocycles. The molecule has 0 spiro atoms. The number of halogens is 2. The zero-order valence-corrected chi connectivity index (χ0v) is 12.2. The Morgan fingerprint density at radius 2 is 1.70 bits per heavy atom. The second-order valence-corrected chi connectivity index (χ2v) is 4.95. The third kappa shape index (κ3) is 3.59. The summed E-state index contributed by atoms with van der Waals surface area (Å²) in [5.41, 5.74) is 4.50. The molecule has 0 aliphatic rings. The second kappa shape index (κ2) is 6.55. The van der Waals surface area contributed by atoms with Gasteiger partial charge in [0.2, 0.25) is 0 Å². The van der Waals surface area contributed by atoms with Gasteiger partial charge in [-0.15, -0.1) is 0 Å². The molecule has 2 aromatic rings. The van der Waals surface area contributed by atoms with E-state index in [-0.39, 0.29) is 5.91 Å². The van der Waals surface area contributed by atoms with Crippen LogP contribution in [0.5, 0.6) is 0 Å². The minimum absolute atomic E-state index is 0.259. The highest BCUT2D eigenvalue weighted by Crippen LogP contribution is 2.22. The van der Waals surface area contributed by atoms with E-state index >= 15 is 0 Å². The minimum atomic E-state index is -0.259. The van der Waals surface area contributed by atoms with Gasteiger partial charge in [-0.3, -0.25) is 4.79 Å². The number of hydrazone groups is 1. The van der Waals surface area contributed by atoms with Gasteiger partial charge in [0.15, 0.2) is 0 Å². The van der Waals surface area contributed by atoms with Gasteiger partial charge in [0.1, 0.15) is 0 Å². The van der Waals surface area contributed by atoms with Crippen LogP contribution in [0.3, 0.4) is 0 Å². The van der Waals surface area contributed by atoms with Crippen LogP contribution >= 0.6 is 23.2 Å². The van der Waals surface area contributed by atoms with Gasteiger partial charge in [-0.1, -0.05) is 47.5 Å². The highest BCUT2D eigenvalue weighted by molar-refractivity contribution is 6.42. The van der Waals surface area contributed by atoms with Crippen LogP contribution in [0.25, 0.3) is 0 Å². The van der Waals surface area contributed by atoms with Gasteiger partial charge in [0.05, 0.1) is 15.8 Å². The van der Waals surface area contributed by atoms with Gasteiger partial charge < -0.3 is 0 Å². The van der Waals surface area contributed by atoms with Crippen LogP contribution in [0.15, 0.2) is 53.6 Å². The number of nitrogens with zero attached hydrogens (tertiary/aromatic N) is 1. The molecule has 0 aromatic heterocycles. The van der Waals surface area contributed by atoms with Crippen LogP contribution in [-0.2, 0) is 0 Å². The number of hydrogen-bond donors (Lipinski definition) is 1. The summed E-state index contributed by atoms with van der Waals surface area (Å²) in [4.78, 5) is 11.8.